The van der Waals surface area contributed by atoms with Gasteiger partial charge in [-0.1, -0.05) is 12.8 Å². The highest BCUT2D eigenvalue weighted by Gasteiger charge is 2.21. The molecule has 1 fully saturated rings. The second-order valence-corrected chi connectivity index (χ2v) is 5.62. The average molecular weight is 258 g/mol. The van der Waals surface area contributed by atoms with Crippen LogP contribution in [0.2, 0.25) is 0 Å². The summed E-state index contributed by atoms with van der Waals surface area (Å²) >= 11 is 0. The van der Waals surface area contributed by atoms with Crippen LogP contribution in [0.3, 0.4) is 0 Å². The summed E-state index contributed by atoms with van der Waals surface area (Å²) in [6, 6.07) is 7.06. The molecular weight excluding hydrogens is 236 g/mol. The second kappa shape index (κ2) is 4.85. The number of rotatable bonds is 2. The van der Waals surface area contributed by atoms with Crippen LogP contribution < -0.4 is 11.1 Å². The Hall–Kier alpha value is -1.55. The molecule has 4 nitrogen and oxygen atoms in total. The van der Waals surface area contributed by atoms with Crippen LogP contribution in [-0.2, 0) is 7.05 Å². The van der Waals surface area contributed by atoms with E-state index in [1.54, 1.807) is 0 Å². The molecule has 4 heteroatoms. The molecule has 1 saturated carbocycles. The first-order valence-electron chi connectivity index (χ1n) is 7.10. The number of nitrogens with two attached hydrogens (primary N) is 1. The molecule has 2 unspecified atom stereocenters. The van der Waals surface area contributed by atoms with Crippen LogP contribution in [0, 0.1) is 6.92 Å². The van der Waals surface area contributed by atoms with Crippen molar-refractivity contribution >= 4 is 16.7 Å². The number of hydrogen-bond donors (Lipinski definition) is 2. The van der Waals surface area contributed by atoms with Crippen molar-refractivity contribution in [1.82, 2.24) is 9.55 Å². The van der Waals surface area contributed by atoms with Crippen LogP contribution in [0.25, 0.3) is 11.0 Å². The number of fused-ring (bicyclic) bond motifs is 1. The first kappa shape index (κ1) is 12.5. The summed E-state index contributed by atoms with van der Waals surface area (Å²) < 4.78 is 2.12. The maximum Gasteiger partial charge on any atom is 0.106 e. The Morgan fingerprint density at radius 2 is 2.11 bits per heavy atom. The molecule has 0 spiro atoms. The summed E-state index contributed by atoms with van der Waals surface area (Å²) in [5.74, 6) is 1.04. The van der Waals surface area contributed by atoms with E-state index in [2.05, 4.69) is 40.1 Å². The van der Waals surface area contributed by atoms with Crippen molar-refractivity contribution in [1.29, 1.82) is 0 Å². The minimum atomic E-state index is 0.273. The van der Waals surface area contributed by atoms with E-state index in [0.29, 0.717) is 6.04 Å². The van der Waals surface area contributed by atoms with Gasteiger partial charge in [0.2, 0.25) is 0 Å². The van der Waals surface area contributed by atoms with Crippen LogP contribution in [0.4, 0.5) is 5.69 Å². The molecule has 0 bridgehead atoms. The maximum atomic E-state index is 6.19. The SMILES string of the molecule is Cc1nc2cc(NC3CCCCC3N)ccc2n1C. The predicted molar refractivity (Wildman–Crippen MR) is 79.3 cm³/mol. The van der Waals surface area contributed by atoms with E-state index >= 15 is 0 Å². The molecule has 3 N–H and O–H groups in total. The Bertz CT molecular complexity index is 587. The number of nitrogens with zero attached hydrogens (tertiary/aromatic N) is 2. The molecule has 19 heavy (non-hydrogen) atoms. The minimum absolute atomic E-state index is 0.273. The highest BCUT2D eigenvalue weighted by molar-refractivity contribution is 5.80. The summed E-state index contributed by atoms with van der Waals surface area (Å²) in [4.78, 5) is 4.58. The Kier molecular flexibility index (Phi) is 3.19. The molecule has 1 aromatic heterocycles. The summed E-state index contributed by atoms with van der Waals surface area (Å²) in [5, 5.41) is 3.58. The predicted octanol–water partition coefficient (Wildman–Crippen LogP) is 2.56. The average Bonchev–Trinajstić information content (AvgIpc) is 2.68. The van der Waals surface area contributed by atoms with Gasteiger partial charge in [0.1, 0.15) is 5.82 Å². The van der Waals surface area contributed by atoms with Gasteiger partial charge in [-0.3, -0.25) is 0 Å². The van der Waals surface area contributed by atoms with Crippen LogP contribution in [0.1, 0.15) is 31.5 Å². The van der Waals surface area contributed by atoms with Gasteiger partial charge >= 0.3 is 0 Å². The van der Waals surface area contributed by atoms with E-state index in [0.717, 1.165) is 23.4 Å². The quantitative estimate of drug-likeness (QED) is 0.870. The normalized spacial score (nSPS) is 23.7. The Morgan fingerprint density at radius 3 is 2.89 bits per heavy atom. The van der Waals surface area contributed by atoms with Gasteiger partial charge in [0.15, 0.2) is 0 Å². The van der Waals surface area contributed by atoms with E-state index in [1.165, 1.54) is 24.8 Å². The third kappa shape index (κ3) is 2.32. The number of anilines is 1. The number of nitrogens with one attached hydrogen (secondary N) is 1. The zero-order chi connectivity index (χ0) is 13.4. The molecule has 2 atom stereocenters. The molecule has 102 valence electrons. The second-order valence-electron chi connectivity index (χ2n) is 5.62. The van der Waals surface area contributed by atoms with Crippen LogP contribution in [-0.4, -0.2) is 21.6 Å². The smallest absolute Gasteiger partial charge is 0.106 e. The summed E-state index contributed by atoms with van der Waals surface area (Å²) in [6.45, 7) is 2.03. The Labute approximate surface area is 114 Å². The molecule has 0 amide bonds. The van der Waals surface area contributed by atoms with Gasteiger partial charge in [-0.25, -0.2) is 4.98 Å². The number of aromatic nitrogens is 2. The van der Waals surface area contributed by atoms with Gasteiger partial charge in [-0.05, 0) is 38.0 Å². The number of hydrogen-bond acceptors (Lipinski definition) is 3. The van der Waals surface area contributed by atoms with Crippen molar-refractivity contribution in [3.05, 3.63) is 24.0 Å². The molecule has 1 aliphatic carbocycles. The highest BCUT2D eigenvalue weighted by atomic mass is 15.1. The van der Waals surface area contributed by atoms with Crippen LogP contribution in [0.15, 0.2) is 18.2 Å². The largest absolute Gasteiger partial charge is 0.381 e. The summed E-state index contributed by atoms with van der Waals surface area (Å²) in [7, 11) is 2.05. The fourth-order valence-electron chi connectivity index (χ4n) is 2.96. The molecule has 3 rings (SSSR count). The van der Waals surface area contributed by atoms with Gasteiger partial charge < -0.3 is 15.6 Å². The van der Waals surface area contributed by atoms with Gasteiger partial charge in [-0.2, -0.15) is 0 Å². The standard InChI is InChI=1S/C15H22N4/c1-10-17-14-9-11(7-8-15(14)19(10)2)18-13-6-4-3-5-12(13)16/h7-9,12-13,18H,3-6,16H2,1-2H3. The highest BCUT2D eigenvalue weighted by Crippen LogP contribution is 2.24. The van der Waals surface area contributed by atoms with Crippen molar-refractivity contribution in [2.45, 2.75) is 44.7 Å². The molecule has 0 aliphatic heterocycles. The zero-order valence-corrected chi connectivity index (χ0v) is 11.7. The van der Waals surface area contributed by atoms with Crippen LogP contribution >= 0.6 is 0 Å². The third-order valence-electron chi connectivity index (χ3n) is 4.28. The van der Waals surface area contributed by atoms with Crippen molar-refractivity contribution in [3.63, 3.8) is 0 Å². The van der Waals surface area contributed by atoms with E-state index in [9.17, 15) is 0 Å². The Balaban J connectivity index is 1.85. The summed E-state index contributed by atoms with van der Waals surface area (Å²) in [5.41, 5.74) is 9.55. The minimum Gasteiger partial charge on any atom is -0.381 e. The molecule has 1 heterocycles. The third-order valence-corrected chi connectivity index (χ3v) is 4.28. The fourth-order valence-corrected chi connectivity index (χ4v) is 2.96. The topological polar surface area (TPSA) is 55.9 Å². The first-order valence-corrected chi connectivity index (χ1v) is 7.10. The summed E-state index contributed by atoms with van der Waals surface area (Å²) in [6.07, 6.45) is 4.83. The van der Waals surface area contributed by atoms with Crippen molar-refractivity contribution in [3.8, 4) is 0 Å². The van der Waals surface area contributed by atoms with Gasteiger partial charge in [-0.15, -0.1) is 0 Å². The van der Waals surface area contributed by atoms with Gasteiger partial charge in [0.25, 0.3) is 0 Å². The van der Waals surface area contributed by atoms with Gasteiger partial charge in [0, 0.05) is 24.8 Å². The van der Waals surface area contributed by atoms with Crippen molar-refractivity contribution < 1.29 is 0 Å². The number of aryl methyl sites for hydroxylation is 2. The van der Waals surface area contributed by atoms with E-state index in [1.807, 2.05) is 6.92 Å². The van der Waals surface area contributed by atoms with E-state index in [4.69, 9.17) is 5.73 Å². The van der Waals surface area contributed by atoms with Crippen molar-refractivity contribution in [2.24, 2.45) is 12.8 Å². The van der Waals surface area contributed by atoms with E-state index < -0.39 is 0 Å². The van der Waals surface area contributed by atoms with Gasteiger partial charge in [0.05, 0.1) is 11.0 Å². The fraction of sp³-hybridized carbons (Fsp3) is 0.533. The lowest BCUT2D eigenvalue weighted by molar-refractivity contribution is 0.404. The molecule has 1 aromatic carbocycles. The monoisotopic (exact) mass is 258 g/mol. The number of benzene rings is 1. The molecule has 0 saturated heterocycles. The lowest BCUT2D eigenvalue weighted by atomic mass is 9.91. The molecule has 0 radical (unpaired) electrons. The number of imidazole rings is 1. The molecule has 2 aromatic rings. The zero-order valence-electron chi connectivity index (χ0n) is 11.7. The van der Waals surface area contributed by atoms with Crippen LogP contribution in [0.5, 0.6) is 0 Å². The first-order chi connectivity index (χ1) is 9.15. The lowest BCUT2D eigenvalue weighted by Crippen LogP contribution is -2.42. The lowest BCUT2D eigenvalue weighted by Gasteiger charge is -2.30. The van der Waals surface area contributed by atoms with Crippen molar-refractivity contribution in [2.75, 3.05) is 5.32 Å². The maximum absolute atomic E-state index is 6.19. The van der Waals surface area contributed by atoms with E-state index in [-0.39, 0.29) is 6.04 Å². The Morgan fingerprint density at radius 1 is 1.32 bits per heavy atom. The molecule has 1 aliphatic rings. The molecular formula is C15H22N4.